The third kappa shape index (κ3) is 5.46. The number of ether oxygens (including phenoxy) is 2. The Labute approximate surface area is 215 Å². The number of benzene rings is 2. The summed E-state index contributed by atoms with van der Waals surface area (Å²) in [5.74, 6) is 0.0170. The number of hydrogen-bond donors (Lipinski definition) is 1. The highest BCUT2D eigenvalue weighted by atomic mass is 32.2. The largest absolute Gasteiger partial charge is 0.489 e. The second kappa shape index (κ2) is 9.78. The molecule has 1 saturated carbocycles. The van der Waals surface area contributed by atoms with Crippen LogP contribution in [0.15, 0.2) is 48.5 Å². The molecular weight excluding hydrogens is 497 g/mol. The number of carboxylic acids is 1. The van der Waals surface area contributed by atoms with Crippen molar-refractivity contribution in [3.63, 3.8) is 0 Å². The van der Waals surface area contributed by atoms with Gasteiger partial charge in [0.15, 0.2) is 0 Å². The van der Waals surface area contributed by atoms with E-state index in [1.165, 1.54) is 12.3 Å². The van der Waals surface area contributed by atoms with E-state index >= 15 is 0 Å². The van der Waals surface area contributed by atoms with Crippen LogP contribution in [0.3, 0.4) is 0 Å². The van der Waals surface area contributed by atoms with Crippen LogP contribution in [0, 0.1) is 24.6 Å². The second-order valence-electron chi connectivity index (χ2n) is 9.83. The Balaban J connectivity index is 1.23. The zero-order chi connectivity index (χ0) is 26.3. The molecule has 7 nitrogen and oxygen atoms in total. The van der Waals surface area contributed by atoms with Gasteiger partial charge in [-0.25, -0.2) is 17.8 Å². The van der Waals surface area contributed by atoms with Crippen molar-refractivity contribution in [1.82, 2.24) is 4.98 Å². The maximum Gasteiger partial charge on any atom is 0.307 e. The molecule has 2 aliphatic rings. The van der Waals surface area contributed by atoms with Gasteiger partial charge in [-0.05, 0) is 72.7 Å². The van der Waals surface area contributed by atoms with Crippen LogP contribution in [0.2, 0.25) is 0 Å². The van der Waals surface area contributed by atoms with E-state index in [0.29, 0.717) is 29.3 Å². The van der Waals surface area contributed by atoms with Crippen LogP contribution in [0.25, 0.3) is 11.1 Å². The number of aryl methyl sites for hydroxylation is 1. The number of nitrogens with zero attached hydrogens (tertiary/aromatic N) is 1. The first-order chi connectivity index (χ1) is 17.6. The van der Waals surface area contributed by atoms with Gasteiger partial charge in [-0.1, -0.05) is 12.1 Å². The van der Waals surface area contributed by atoms with Crippen molar-refractivity contribution in [2.24, 2.45) is 11.8 Å². The fraction of sp³-hybridized carbons (Fsp3) is 0.357. The van der Waals surface area contributed by atoms with Crippen molar-refractivity contribution < 1.29 is 32.2 Å². The van der Waals surface area contributed by atoms with Crippen LogP contribution < -0.4 is 9.47 Å². The smallest absolute Gasteiger partial charge is 0.307 e. The Kier molecular flexibility index (Phi) is 6.66. The molecule has 1 heterocycles. The summed E-state index contributed by atoms with van der Waals surface area (Å²) in [5, 5.41) is 9.29. The van der Waals surface area contributed by atoms with Gasteiger partial charge >= 0.3 is 5.97 Å². The fourth-order valence-corrected chi connectivity index (χ4v) is 5.89. The van der Waals surface area contributed by atoms with Crippen LogP contribution in [0.5, 0.6) is 11.6 Å². The number of fused-ring (bicyclic) bond motifs is 3. The molecule has 3 aromatic rings. The predicted molar refractivity (Wildman–Crippen MR) is 136 cm³/mol. The molecule has 0 amide bonds. The summed E-state index contributed by atoms with van der Waals surface area (Å²) in [4.78, 5) is 15.8. The molecule has 0 saturated heterocycles. The first-order valence-electron chi connectivity index (χ1n) is 12.2. The van der Waals surface area contributed by atoms with Crippen LogP contribution >= 0.6 is 0 Å². The lowest BCUT2D eigenvalue weighted by Gasteiger charge is -2.13. The molecule has 37 heavy (non-hydrogen) atoms. The first kappa shape index (κ1) is 25.2. The summed E-state index contributed by atoms with van der Waals surface area (Å²) in [5.41, 5.74) is 4.93. The highest BCUT2D eigenvalue weighted by Crippen LogP contribution is 2.61. The normalized spacial score (nSPS) is 19.7. The van der Waals surface area contributed by atoms with Crippen LogP contribution in [-0.2, 0) is 27.7 Å². The minimum absolute atomic E-state index is 0.0527. The van der Waals surface area contributed by atoms with E-state index in [1.807, 2.05) is 31.2 Å². The number of pyridine rings is 1. The average Bonchev–Trinajstić information content (AvgIpc) is 3.43. The number of sulfone groups is 1. The highest BCUT2D eigenvalue weighted by molar-refractivity contribution is 7.90. The molecule has 3 atom stereocenters. The van der Waals surface area contributed by atoms with E-state index in [2.05, 4.69) is 4.98 Å². The molecular formula is C28H28FNO6S. The molecule has 1 N–H and O–H groups in total. The summed E-state index contributed by atoms with van der Waals surface area (Å²) in [6, 6.07) is 14.1. The number of aromatic nitrogens is 1. The lowest BCUT2D eigenvalue weighted by Crippen LogP contribution is -2.08. The van der Waals surface area contributed by atoms with Gasteiger partial charge in [0, 0.05) is 35.1 Å². The standard InChI is InChI=1S/C28H28FNO6S/c1-16-21(7-9-25(30-16)35-10-3-11-37(2,33)34)17-4-8-24(29)19(12-17)15-36-20-5-6-22-18(13-20)14-23-26(22)27(23)28(31)32/h4-9,12-13,23,26-27H,3,10-11,14-15H2,1-2H3,(H,31,32). The van der Waals surface area contributed by atoms with Gasteiger partial charge < -0.3 is 14.6 Å². The Bertz CT molecular complexity index is 1470. The third-order valence-corrected chi connectivity index (χ3v) is 8.13. The van der Waals surface area contributed by atoms with Crippen LogP contribution in [0.4, 0.5) is 4.39 Å². The third-order valence-electron chi connectivity index (χ3n) is 7.10. The van der Waals surface area contributed by atoms with Gasteiger partial charge in [-0.2, -0.15) is 0 Å². The molecule has 1 fully saturated rings. The number of hydrogen-bond acceptors (Lipinski definition) is 6. The molecule has 0 spiro atoms. The number of carboxylic acid groups (broad SMARTS) is 1. The van der Waals surface area contributed by atoms with Gasteiger partial charge in [-0.3, -0.25) is 4.79 Å². The van der Waals surface area contributed by atoms with E-state index < -0.39 is 15.8 Å². The van der Waals surface area contributed by atoms with Crippen LogP contribution in [-0.4, -0.2) is 43.1 Å². The van der Waals surface area contributed by atoms with Gasteiger partial charge in [0.25, 0.3) is 0 Å². The number of aliphatic carboxylic acids is 1. The van der Waals surface area contributed by atoms with E-state index in [0.717, 1.165) is 28.7 Å². The molecule has 9 heteroatoms. The minimum atomic E-state index is -3.03. The second-order valence-corrected chi connectivity index (χ2v) is 12.1. The molecule has 0 bridgehead atoms. The lowest BCUT2D eigenvalue weighted by atomic mass is 10.0. The summed E-state index contributed by atoms with van der Waals surface area (Å²) >= 11 is 0. The van der Waals surface area contributed by atoms with Gasteiger partial charge in [0.05, 0.1) is 18.3 Å². The number of halogens is 1. The number of carbonyl (C=O) groups is 1. The summed E-state index contributed by atoms with van der Waals surface area (Å²) < 4.78 is 48.6. The zero-order valence-electron chi connectivity index (χ0n) is 20.6. The number of rotatable bonds is 10. The molecule has 5 rings (SSSR count). The summed E-state index contributed by atoms with van der Waals surface area (Å²) in [7, 11) is -3.03. The molecule has 1 aromatic heterocycles. The minimum Gasteiger partial charge on any atom is -0.489 e. The van der Waals surface area contributed by atoms with E-state index in [-0.39, 0.29) is 42.5 Å². The lowest BCUT2D eigenvalue weighted by molar-refractivity contribution is -0.139. The van der Waals surface area contributed by atoms with Gasteiger partial charge in [0.2, 0.25) is 5.88 Å². The zero-order valence-corrected chi connectivity index (χ0v) is 21.4. The van der Waals surface area contributed by atoms with Crippen molar-refractivity contribution in [3.8, 4) is 22.8 Å². The predicted octanol–water partition coefficient (Wildman–Crippen LogP) is 4.56. The fourth-order valence-electron chi connectivity index (χ4n) is 5.25. The molecule has 0 radical (unpaired) electrons. The maximum absolute atomic E-state index is 14.6. The SMILES string of the molecule is Cc1nc(OCCCS(C)(=O)=O)ccc1-c1ccc(F)c(COc2ccc3c(c2)CC2C(C(=O)O)C32)c1. The van der Waals surface area contributed by atoms with Crippen molar-refractivity contribution >= 4 is 15.8 Å². The average molecular weight is 526 g/mol. The quantitative estimate of drug-likeness (QED) is 0.387. The Morgan fingerprint density at radius 3 is 2.68 bits per heavy atom. The topological polar surface area (TPSA) is 103 Å². The molecule has 2 aliphatic carbocycles. The first-order valence-corrected chi connectivity index (χ1v) is 14.2. The summed E-state index contributed by atoms with van der Waals surface area (Å²) in [6.45, 7) is 2.14. The Morgan fingerprint density at radius 1 is 1.14 bits per heavy atom. The van der Waals surface area contributed by atoms with Crippen molar-refractivity contribution in [2.75, 3.05) is 18.6 Å². The molecule has 2 aromatic carbocycles. The summed E-state index contributed by atoms with van der Waals surface area (Å²) in [6.07, 6.45) is 2.32. The monoisotopic (exact) mass is 525 g/mol. The van der Waals surface area contributed by atoms with E-state index in [4.69, 9.17) is 9.47 Å². The molecule has 194 valence electrons. The van der Waals surface area contributed by atoms with E-state index in [1.54, 1.807) is 18.2 Å². The molecule has 3 unspecified atom stereocenters. The molecule has 0 aliphatic heterocycles. The Morgan fingerprint density at radius 2 is 1.95 bits per heavy atom. The highest BCUT2D eigenvalue weighted by Gasteiger charge is 2.59. The van der Waals surface area contributed by atoms with Gasteiger partial charge in [0.1, 0.15) is 28.0 Å². The van der Waals surface area contributed by atoms with E-state index in [9.17, 15) is 22.7 Å². The van der Waals surface area contributed by atoms with Gasteiger partial charge in [-0.15, -0.1) is 0 Å². The van der Waals surface area contributed by atoms with Crippen molar-refractivity contribution in [1.29, 1.82) is 0 Å². The maximum atomic E-state index is 14.6. The van der Waals surface area contributed by atoms with Crippen LogP contribution in [0.1, 0.15) is 34.7 Å². The van der Waals surface area contributed by atoms with Crippen molar-refractivity contribution in [2.45, 2.75) is 32.3 Å². The van der Waals surface area contributed by atoms with Crippen molar-refractivity contribution in [3.05, 3.63) is 76.7 Å². The Hall–Kier alpha value is -3.46.